The van der Waals surface area contributed by atoms with Crippen LogP contribution in [0.4, 0.5) is 11.4 Å². The van der Waals surface area contributed by atoms with E-state index in [1.54, 1.807) is 42.6 Å². The number of hydrogen-bond donors (Lipinski definition) is 2. The van der Waals surface area contributed by atoms with Crippen molar-refractivity contribution in [2.24, 2.45) is 0 Å². The number of nitrogens with zero attached hydrogens (tertiary/aromatic N) is 1. The number of ether oxygens (including phenoxy) is 1. The smallest absolute Gasteiger partial charge is 0.261 e. The molecule has 0 saturated carbocycles. The van der Waals surface area contributed by atoms with Crippen LogP contribution >= 0.6 is 23.2 Å². The summed E-state index contributed by atoms with van der Waals surface area (Å²) in [7, 11) is -4.02. The van der Waals surface area contributed by atoms with Gasteiger partial charge in [0.05, 0.1) is 33.1 Å². The van der Waals surface area contributed by atoms with Crippen LogP contribution in [0.25, 0.3) is 0 Å². The van der Waals surface area contributed by atoms with Crippen molar-refractivity contribution >= 4 is 50.5 Å². The zero-order valence-corrected chi connectivity index (χ0v) is 19.7. The first kappa shape index (κ1) is 23.6. The molecule has 172 valence electrons. The van der Waals surface area contributed by atoms with Gasteiger partial charge in [0.15, 0.2) is 0 Å². The zero-order chi connectivity index (χ0) is 24.1. The molecular weight excluding hydrogens is 497 g/mol. The molecule has 0 saturated heterocycles. The number of benzene rings is 3. The van der Waals surface area contributed by atoms with Crippen molar-refractivity contribution in [2.75, 3.05) is 10.0 Å². The monoisotopic (exact) mass is 513 g/mol. The van der Waals surface area contributed by atoms with Gasteiger partial charge in [-0.15, -0.1) is 0 Å². The Balaban J connectivity index is 1.55. The Bertz CT molecular complexity index is 1430. The SMILES string of the molecule is O=C(Nc1cccnc1)c1cc(Cl)ccc1NS(=O)(=O)c1ccc(Oc2ccccc2Cl)cc1. The second-order valence-electron chi connectivity index (χ2n) is 7.00. The maximum Gasteiger partial charge on any atom is 0.261 e. The highest BCUT2D eigenvalue weighted by Crippen LogP contribution is 2.30. The molecule has 4 rings (SSSR count). The predicted molar refractivity (Wildman–Crippen MR) is 132 cm³/mol. The topological polar surface area (TPSA) is 97.4 Å². The summed E-state index contributed by atoms with van der Waals surface area (Å²) in [5.74, 6) is 0.315. The quantitative estimate of drug-likeness (QED) is 0.305. The number of rotatable bonds is 7. The normalized spacial score (nSPS) is 11.0. The number of anilines is 2. The highest BCUT2D eigenvalue weighted by Gasteiger charge is 2.20. The van der Waals surface area contributed by atoms with E-state index in [2.05, 4.69) is 15.0 Å². The number of para-hydroxylation sites is 1. The van der Waals surface area contributed by atoms with Crippen molar-refractivity contribution in [3.05, 3.63) is 107 Å². The summed E-state index contributed by atoms with van der Waals surface area (Å²) >= 11 is 12.1. The van der Waals surface area contributed by atoms with Crippen molar-refractivity contribution in [1.82, 2.24) is 4.98 Å². The Kier molecular flexibility index (Phi) is 7.02. The van der Waals surface area contributed by atoms with Crippen LogP contribution in [0.2, 0.25) is 10.0 Å². The van der Waals surface area contributed by atoms with E-state index in [1.807, 2.05) is 0 Å². The van der Waals surface area contributed by atoms with Crippen LogP contribution in [-0.4, -0.2) is 19.3 Å². The van der Waals surface area contributed by atoms with Crippen molar-refractivity contribution in [1.29, 1.82) is 0 Å². The Morgan fingerprint density at radius 1 is 0.912 bits per heavy atom. The molecule has 0 aliphatic rings. The Hall–Kier alpha value is -3.59. The van der Waals surface area contributed by atoms with Gasteiger partial charge < -0.3 is 10.1 Å². The number of nitrogens with one attached hydrogen (secondary N) is 2. The molecule has 0 atom stereocenters. The van der Waals surface area contributed by atoms with E-state index in [4.69, 9.17) is 27.9 Å². The summed E-state index contributed by atoms with van der Waals surface area (Å²) in [6.07, 6.45) is 3.04. The highest BCUT2D eigenvalue weighted by molar-refractivity contribution is 7.92. The number of sulfonamides is 1. The molecule has 2 N–H and O–H groups in total. The predicted octanol–water partition coefficient (Wildman–Crippen LogP) is 6.23. The van der Waals surface area contributed by atoms with Gasteiger partial charge in [0.2, 0.25) is 0 Å². The third-order valence-electron chi connectivity index (χ3n) is 4.59. The van der Waals surface area contributed by atoms with E-state index in [0.29, 0.717) is 22.2 Å². The van der Waals surface area contributed by atoms with E-state index in [0.717, 1.165) is 0 Å². The molecule has 7 nitrogen and oxygen atoms in total. The summed E-state index contributed by atoms with van der Waals surface area (Å²) < 4.78 is 34.1. The molecule has 0 unspecified atom stereocenters. The molecule has 1 amide bonds. The fourth-order valence-electron chi connectivity index (χ4n) is 2.97. The Morgan fingerprint density at radius 2 is 1.68 bits per heavy atom. The van der Waals surface area contributed by atoms with Crippen LogP contribution < -0.4 is 14.8 Å². The van der Waals surface area contributed by atoms with Gasteiger partial charge in [-0.25, -0.2) is 8.42 Å². The first-order valence-corrected chi connectivity index (χ1v) is 12.1. The lowest BCUT2D eigenvalue weighted by molar-refractivity contribution is 0.102. The van der Waals surface area contributed by atoms with Gasteiger partial charge in [0.25, 0.3) is 15.9 Å². The third-order valence-corrected chi connectivity index (χ3v) is 6.52. The van der Waals surface area contributed by atoms with Gasteiger partial charge in [-0.2, -0.15) is 0 Å². The van der Waals surface area contributed by atoms with Crippen molar-refractivity contribution < 1.29 is 17.9 Å². The summed E-state index contributed by atoms with van der Waals surface area (Å²) in [6.45, 7) is 0. The number of amides is 1. The lowest BCUT2D eigenvalue weighted by Gasteiger charge is -2.14. The minimum atomic E-state index is -4.02. The number of aromatic nitrogens is 1. The molecule has 3 aromatic carbocycles. The third kappa shape index (κ3) is 5.66. The van der Waals surface area contributed by atoms with Crippen LogP contribution in [-0.2, 0) is 10.0 Å². The van der Waals surface area contributed by atoms with Gasteiger partial charge in [0.1, 0.15) is 11.5 Å². The van der Waals surface area contributed by atoms with Crippen LogP contribution in [0.5, 0.6) is 11.5 Å². The van der Waals surface area contributed by atoms with Crippen LogP contribution in [0.15, 0.2) is 96.2 Å². The average Bonchev–Trinajstić information content (AvgIpc) is 2.82. The van der Waals surface area contributed by atoms with Gasteiger partial charge in [-0.1, -0.05) is 35.3 Å². The average molecular weight is 514 g/mol. The largest absolute Gasteiger partial charge is 0.456 e. The van der Waals surface area contributed by atoms with Gasteiger partial charge in [-0.05, 0) is 66.7 Å². The van der Waals surface area contributed by atoms with Crippen LogP contribution in [0.1, 0.15) is 10.4 Å². The van der Waals surface area contributed by atoms with Crippen molar-refractivity contribution in [3.63, 3.8) is 0 Å². The molecule has 10 heteroatoms. The minimum absolute atomic E-state index is 0.0208. The molecule has 0 bridgehead atoms. The van der Waals surface area contributed by atoms with Crippen molar-refractivity contribution in [3.8, 4) is 11.5 Å². The molecule has 0 aliphatic carbocycles. The summed E-state index contributed by atoms with van der Waals surface area (Å²) in [6, 6.07) is 20.4. The highest BCUT2D eigenvalue weighted by atomic mass is 35.5. The van der Waals surface area contributed by atoms with Gasteiger partial charge in [0, 0.05) is 11.2 Å². The van der Waals surface area contributed by atoms with E-state index >= 15 is 0 Å². The Labute approximate surface area is 206 Å². The molecule has 34 heavy (non-hydrogen) atoms. The minimum Gasteiger partial charge on any atom is -0.456 e. The first-order valence-electron chi connectivity index (χ1n) is 9.88. The van der Waals surface area contributed by atoms with Crippen LogP contribution in [0, 0.1) is 0 Å². The fraction of sp³-hybridized carbons (Fsp3) is 0. The number of pyridine rings is 1. The molecular formula is C24H17Cl2N3O4S. The summed E-state index contributed by atoms with van der Waals surface area (Å²) in [4.78, 5) is 16.7. The second-order valence-corrected chi connectivity index (χ2v) is 9.52. The molecule has 1 aromatic heterocycles. The molecule has 0 spiro atoms. The van der Waals surface area contributed by atoms with Crippen LogP contribution in [0.3, 0.4) is 0 Å². The molecule has 0 aliphatic heterocycles. The fourth-order valence-corrected chi connectivity index (χ4v) is 4.40. The molecule has 0 fully saturated rings. The number of carbonyl (C=O) groups excluding carboxylic acids is 1. The Morgan fingerprint density at radius 3 is 2.38 bits per heavy atom. The second kappa shape index (κ2) is 10.1. The zero-order valence-electron chi connectivity index (χ0n) is 17.4. The number of halogens is 2. The molecule has 0 radical (unpaired) electrons. The summed E-state index contributed by atoms with van der Waals surface area (Å²) in [5, 5.41) is 3.37. The van der Waals surface area contributed by atoms with Gasteiger partial charge >= 0.3 is 0 Å². The standard InChI is InChI=1S/C24H17Cl2N3O4S/c25-16-7-12-22(20(14-16)24(30)28-17-4-3-13-27-15-17)29-34(31,32)19-10-8-18(9-11-19)33-23-6-2-1-5-21(23)26/h1-15,29H,(H,28,30). The number of hydrogen-bond acceptors (Lipinski definition) is 5. The van der Waals surface area contributed by atoms with E-state index in [9.17, 15) is 13.2 Å². The molecule has 4 aromatic rings. The summed E-state index contributed by atoms with van der Waals surface area (Å²) in [5.41, 5.74) is 0.580. The first-order chi connectivity index (χ1) is 16.3. The van der Waals surface area contributed by atoms with E-state index in [-0.39, 0.29) is 21.2 Å². The van der Waals surface area contributed by atoms with E-state index < -0.39 is 15.9 Å². The lowest BCUT2D eigenvalue weighted by Crippen LogP contribution is -2.18. The van der Waals surface area contributed by atoms with Crippen molar-refractivity contribution in [2.45, 2.75) is 4.90 Å². The lowest BCUT2D eigenvalue weighted by atomic mass is 10.1. The number of carbonyl (C=O) groups is 1. The van der Waals surface area contributed by atoms with E-state index in [1.165, 1.54) is 48.7 Å². The van der Waals surface area contributed by atoms with Gasteiger partial charge in [-0.3, -0.25) is 14.5 Å². The molecule has 1 heterocycles. The maximum atomic E-state index is 13.0. The maximum absolute atomic E-state index is 13.0.